The fourth-order valence-electron chi connectivity index (χ4n) is 2.65. The van der Waals surface area contributed by atoms with E-state index in [9.17, 15) is 13.2 Å². The first-order valence-electron chi connectivity index (χ1n) is 8.33. The monoisotopic (exact) mass is 392 g/mol. The number of nitrogens with zero attached hydrogens (tertiary/aromatic N) is 1. The Bertz CT molecular complexity index is 1070. The molecule has 0 unspecified atom stereocenters. The molecule has 0 amide bonds. The summed E-state index contributed by atoms with van der Waals surface area (Å²) in [6.45, 7) is 5.05. The highest BCUT2D eigenvalue weighted by atomic mass is 32.2. The van der Waals surface area contributed by atoms with Crippen molar-refractivity contribution in [3.8, 4) is 5.75 Å². The molecule has 0 aliphatic heterocycles. The standard InChI is InChI=1S/C18H20N2O4S2/c1-3-11-20-16-10-9-15(12-17(16)25-18(20)21)26(22,23)19-13-5-7-14(8-6-13)24-4-2/h5-10,12,19H,3-4,11H2,1-2H3. The Kier molecular flexibility index (Phi) is 5.33. The second-order valence-electron chi connectivity index (χ2n) is 5.71. The van der Waals surface area contributed by atoms with Crippen LogP contribution in [0.3, 0.4) is 0 Å². The predicted octanol–water partition coefficient (Wildman–Crippen LogP) is 3.67. The Morgan fingerprint density at radius 1 is 1.12 bits per heavy atom. The third-order valence-electron chi connectivity index (χ3n) is 3.81. The van der Waals surface area contributed by atoms with Crippen LogP contribution in [-0.2, 0) is 16.6 Å². The molecule has 0 saturated heterocycles. The topological polar surface area (TPSA) is 77.4 Å². The number of ether oxygens (including phenoxy) is 1. The third kappa shape index (κ3) is 3.76. The van der Waals surface area contributed by atoms with Crippen LogP contribution in [0.1, 0.15) is 20.3 Å². The largest absolute Gasteiger partial charge is 0.494 e. The van der Waals surface area contributed by atoms with E-state index in [1.807, 2.05) is 13.8 Å². The first-order chi connectivity index (χ1) is 12.4. The first-order valence-corrected chi connectivity index (χ1v) is 10.6. The molecule has 8 heteroatoms. The summed E-state index contributed by atoms with van der Waals surface area (Å²) in [6.07, 6.45) is 0.838. The lowest BCUT2D eigenvalue weighted by atomic mass is 10.3. The van der Waals surface area contributed by atoms with Gasteiger partial charge in [0.2, 0.25) is 0 Å². The smallest absolute Gasteiger partial charge is 0.308 e. The number of hydrogen-bond donors (Lipinski definition) is 1. The molecule has 1 heterocycles. The zero-order valence-electron chi connectivity index (χ0n) is 14.6. The highest BCUT2D eigenvalue weighted by molar-refractivity contribution is 7.92. The van der Waals surface area contributed by atoms with Gasteiger partial charge in [0.15, 0.2) is 0 Å². The lowest BCUT2D eigenvalue weighted by molar-refractivity contribution is 0.340. The summed E-state index contributed by atoms with van der Waals surface area (Å²) >= 11 is 1.06. The number of nitrogens with one attached hydrogen (secondary N) is 1. The molecule has 138 valence electrons. The number of fused-ring (bicyclic) bond motifs is 1. The minimum Gasteiger partial charge on any atom is -0.494 e. The van der Waals surface area contributed by atoms with Gasteiger partial charge in [-0.3, -0.25) is 14.1 Å². The molecule has 0 saturated carbocycles. The Labute approximate surface area is 156 Å². The number of anilines is 1. The van der Waals surface area contributed by atoms with Crippen LogP contribution in [-0.4, -0.2) is 19.6 Å². The van der Waals surface area contributed by atoms with E-state index < -0.39 is 10.0 Å². The molecule has 3 rings (SSSR count). The van der Waals surface area contributed by atoms with Crippen molar-refractivity contribution in [2.45, 2.75) is 31.7 Å². The Hall–Kier alpha value is -2.32. The molecule has 0 fully saturated rings. The normalized spacial score (nSPS) is 11.6. The van der Waals surface area contributed by atoms with Crippen molar-refractivity contribution >= 4 is 37.3 Å². The van der Waals surface area contributed by atoms with Crippen molar-refractivity contribution in [3.05, 3.63) is 52.1 Å². The van der Waals surface area contributed by atoms with Crippen molar-refractivity contribution < 1.29 is 13.2 Å². The van der Waals surface area contributed by atoms with E-state index in [2.05, 4.69) is 4.72 Å². The van der Waals surface area contributed by atoms with Gasteiger partial charge in [-0.15, -0.1) is 0 Å². The van der Waals surface area contributed by atoms with E-state index in [0.717, 1.165) is 23.3 Å². The average Bonchev–Trinajstić information content (AvgIpc) is 2.92. The summed E-state index contributed by atoms with van der Waals surface area (Å²) in [4.78, 5) is 12.1. The molecular formula is C18H20N2O4S2. The van der Waals surface area contributed by atoms with E-state index in [-0.39, 0.29) is 9.77 Å². The van der Waals surface area contributed by atoms with E-state index in [1.165, 1.54) is 6.07 Å². The van der Waals surface area contributed by atoms with Crippen LogP contribution in [0.15, 0.2) is 52.2 Å². The van der Waals surface area contributed by atoms with Crippen LogP contribution in [0.2, 0.25) is 0 Å². The number of sulfonamides is 1. The fraction of sp³-hybridized carbons (Fsp3) is 0.278. The Morgan fingerprint density at radius 3 is 2.50 bits per heavy atom. The maximum Gasteiger partial charge on any atom is 0.308 e. The lowest BCUT2D eigenvalue weighted by Crippen LogP contribution is -2.13. The first kappa shape index (κ1) is 18.5. The SMILES string of the molecule is CCCn1c(=O)sc2cc(S(=O)(=O)Nc3ccc(OCC)cc3)ccc21. The molecule has 1 aromatic heterocycles. The molecule has 0 spiro atoms. The zero-order chi connectivity index (χ0) is 18.7. The van der Waals surface area contributed by atoms with Crippen LogP contribution < -0.4 is 14.3 Å². The Balaban J connectivity index is 1.90. The quantitative estimate of drug-likeness (QED) is 0.665. The highest BCUT2D eigenvalue weighted by Gasteiger charge is 2.17. The molecule has 0 bridgehead atoms. The van der Waals surface area contributed by atoms with E-state index >= 15 is 0 Å². The summed E-state index contributed by atoms with van der Waals surface area (Å²) in [5.74, 6) is 0.680. The molecule has 0 radical (unpaired) electrons. The van der Waals surface area contributed by atoms with Crippen molar-refractivity contribution in [3.63, 3.8) is 0 Å². The van der Waals surface area contributed by atoms with Crippen LogP contribution in [0.25, 0.3) is 10.2 Å². The van der Waals surface area contributed by atoms with Gasteiger partial charge in [-0.05, 0) is 55.8 Å². The number of rotatable bonds is 7. The summed E-state index contributed by atoms with van der Waals surface area (Å²) in [6, 6.07) is 11.5. The van der Waals surface area contributed by atoms with Gasteiger partial charge >= 0.3 is 4.87 Å². The average molecular weight is 393 g/mol. The summed E-state index contributed by atoms with van der Waals surface area (Å²) in [5.41, 5.74) is 1.21. The molecular weight excluding hydrogens is 372 g/mol. The summed E-state index contributed by atoms with van der Waals surface area (Å²) < 4.78 is 35.5. The fourth-order valence-corrected chi connectivity index (χ4v) is 4.76. The van der Waals surface area contributed by atoms with Gasteiger partial charge < -0.3 is 4.74 Å². The Morgan fingerprint density at radius 2 is 1.85 bits per heavy atom. The maximum atomic E-state index is 12.7. The lowest BCUT2D eigenvalue weighted by Gasteiger charge is -2.09. The van der Waals surface area contributed by atoms with Gasteiger partial charge in [0, 0.05) is 12.2 Å². The predicted molar refractivity (Wildman–Crippen MR) is 105 cm³/mol. The van der Waals surface area contributed by atoms with Gasteiger partial charge in [0.25, 0.3) is 10.0 Å². The molecule has 6 nitrogen and oxygen atoms in total. The van der Waals surface area contributed by atoms with Crippen LogP contribution in [0.4, 0.5) is 5.69 Å². The van der Waals surface area contributed by atoms with Crippen molar-refractivity contribution in [1.82, 2.24) is 4.57 Å². The summed E-state index contributed by atoms with van der Waals surface area (Å²) in [5, 5.41) is 0. The zero-order valence-corrected chi connectivity index (χ0v) is 16.2. The number of thiazole rings is 1. The van der Waals surface area contributed by atoms with Crippen molar-refractivity contribution in [2.24, 2.45) is 0 Å². The number of hydrogen-bond acceptors (Lipinski definition) is 5. The second kappa shape index (κ2) is 7.51. The van der Waals surface area contributed by atoms with E-state index in [0.29, 0.717) is 29.3 Å². The van der Waals surface area contributed by atoms with E-state index in [1.54, 1.807) is 41.0 Å². The number of aromatic nitrogens is 1. The number of benzene rings is 2. The molecule has 3 aromatic rings. The third-order valence-corrected chi connectivity index (χ3v) is 6.14. The molecule has 0 atom stereocenters. The van der Waals surface area contributed by atoms with E-state index in [4.69, 9.17) is 4.74 Å². The molecule has 26 heavy (non-hydrogen) atoms. The van der Waals surface area contributed by atoms with Crippen molar-refractivity contribution in [2.75, 3.05) is 11.3 Å². The molecule has 0 aliphatic rings. The van der Waals surface area contributed by atoms with Gasteiger partial charge in [0.05, 0.1) is 21.7 Å². The van der Waals surface area contributed by atoms with Crippen LogP contribution >= 0.6 is 11.3 Å². The molecule has 0 aliphatic carbocycles. The van der Waals surface area contributed by atoms with Crippen LogP contribution in [0.5, 0.6) is 5.75 Å². The minimum absolute atomic E-state index is 0.0733. The molecule has 1 N–H and O–H groups in total. The van der Waals surface area contributed by atoms with Gasteiger partial charge in [0.1, 0.15) is 5.75 Å². The molecule has 2 aromatic carbocycles. The van der Waals surface area contributed by atoms with Gasteiger partial charge in [-0.25, -0.2) is 8.42 Å². The summed E-state index contributed by atoms with van der Waals surface area (Å²) in [7, 11) is -3.74. The van der Waals surface area contributed by atoms with Gasteiger partial charge in [-0.1, -0.05) is 18.3 Å². The van der Waals surface area contributed by atoms with Crippen LogP contribution in [0, 0.1) is 0 Å². The second-order valence-corrected chi connectivity index (χ2v) is 8.39. The highest BCUT2D eigenvalue weighted by Crippen LogP contribution is 2.24. The number of aryl methyl sites for hydroxylation is 1. The minimum atomic E-state index is -3.74. The van der Waals surface area contributed by atoms with Crippen molar-refractivity contribution in [1.29, 1.82) is 0 Å². The maximum absolute atomic E-state index is 12.7. The van der Waals surface area contributed by atoms with Gasteiger partial charge in [-0.2, -0.15) is 0 Å².